The number of ether oxygens (including phenoxy) is 2. The molecular formula is C36H63NO7P+. The standard InChI is InChI=1S/C36H62NO7P/c1-6-7-8-9-10-11-12-13-14-15-16-17-18-19-20-21-22-23-24-25-26-27-28-29-31-41-33-36(44-35(2)38)34-43-45(39,40)42-32-30-37(3,4)5/h7-8,10-11,13-14,16-17,19-20,22-23,36H,6,9,12,15,18,21,24-34H2,1-5H3/p+1/b8-7-,11-10-,14-13-,17-16-,20-19-,23-22-. The molecule has 45 heavy (non-hydrogen) atoms. The fraction of sp³-hybridized carbons (Fsp3) is 0.639. The second kappa shape index (κ2) is 29.3. The lowest BCUT2D eigenvalue weighted by molar-refractivity contribution is -0.870. The van der Waals surface area contributed by atoms with Crippen LogP contribution in [-0.2, 0) is 27.9 Å². The topological polar surface area (TPSA) is 91.3 Å². The number of carbonyl (C=O) groups excluding carboxylic acids is 1. The Hall–Kier alpha value is -2.06. The molecule has 0 spiro atoms. The van der Waals surface area contributed by atoms with Gasteiger partial charge in [0.05, 0.1) is 34.4 Å². The minimum Gasteiger partial charge on any atom is -0.458 e. The van der Waals surface area contributed by atoms with Gasteiger partial charge >= 0.3 is 13.8 Å². The van der Waals surface area contributed by atoms with Crippen LogP contribution < -0.4 is 0 Å². The van der Waals surface area contributed by atoms with E-state index in [0.717, 1.165) is 64.2 Å². The van der Waals surface area contributed by atoms with Gasteiger partial charge in [0, 0.05) is 13.5 Å². The zero-order valence-corrected chi connectivity index (χ0v) is 29.7. The van der Waals surface area contributed by atoms with Crippen molar-refractivity contribution in [2.24, 2.45) is 0 Å². The van der Waals surface area contributed by atoms with E-state index in [1.807, 2.05) is 21.1 Å². The first-order valence-electron chi connectivity index (χ1n) is 16.6. The average molecular weight is 653 g/mol. The molecule has 8 nitrogen and oxygen atoms in total. The Labute approximate surface area is 274 Å². The Balaban J connectivity index is 3.80. The number of rotatable bonds is 29. The van der Waals surface area contributed by atoms with Gasteiger partial charge in [-0.05, 0) is 57.8 Å². The number of phosphoric ester groups is 1. The lowest BCUT2D eigenvalue weighted by Gasteiger charge is -2.24. The van der Waals surface area contributed by atoms with E-state index >= 15 is 0 Å². The van der Waals surface area contributed by atoms with Gasteiger partial charge < -0.3 is 18.9 Å². The third-order valence-electron chi connectivity index (χ3n) is 6.33. The summed E-state index contributed by atoms with van der Waals surface area (Å²) in [7, 11) is 1.63. The van der Waals surface area contributed by atoms with Crippen molar-refractivity contribution in [2.45, 2.75) is 97.0 Å². The highest BCUT2D eigenvalue weighted by Gasteiger charge is 2.25. The van der Waals surface area contributed by atoms with Crippen LogP contribution in [0, 0.1) is 0 Å². The molecule has 0 heterocycles. The van der Waals surface area contributed by atoms with Gasteiger partial charge in [-0.25, -0.2) is 4.57 Å². The molecule has 0 fully saturated rings. The fourth-order valence-electron chi connectivity index (χ4n) is 3.85. The summed E-state index contributed by atoms with van der Waals surface area (Å²) in [6, 6.07) is 0. The first-order valence-corrected chi connectivity index (χ1v) is 18.1. The summed E-state index contributed by atoms with van der Waals surface area (Å²) >= 11 is 0. The third kappa shape index (κ3) is 34.7. The van der Waals surface area contributed by atoms with Crippen molar-refractivity contribution in [3.05, 3.63) is 72.9 Å². The predicted molar refractivity (Wildman–Crippen MR) is 187 cm³/mol. The molecule has 1 N–H and O–H groups in total. The number of hydrogen-bond donors (Lipinski definition) is 1. The third-order valence-corrected chi connectivity index (χ3v) is 7.32. The molecule has 0 aromatic carbocycles. The van der Waals surface area contributed by atoms with Gasteiger partial charge in [0.15, 0.2) is 0 Å². The van der Waals surface area contributed by atoms with Crippen LogP contribution in [-0.4, -0.2) is 75.6 Å². The second-order valence-electron chi connectivity index (χ2n) is 11.9. The lowest BCUT2D eigenvalue weighted by Crippen LogP contribution is -2.37. The number of allylic oxidation sites excluding steroid dienone is 12. The van der Waals surface area contributed by atoms with Crippen molar-refractivity contribution in [3.63, 3.8) is 0 Å². The van der Waals surface area contributed by atoms with Gasteiger partial charge in [-0.2, -0.15) is 0 Å². The Morgan fingerprint density at radius 1 is 0.689 bits per heavy atom. The first kappa shape index (κ1) is 42.9. The summed E-state index contributed by atoms with van der Waals surface area (Å²) in [5.74, 6) is -0.502. The monoisotopic (exact) mass is 652 g/mol. The largest absolute Gasteiger partial charge is 0.472 e. The van der Waals surface area contributed by atoms with Crippen molar-refractivity contribution < 1.29 is 37.3 Å². The van der Waals surface area contributed by atoms with Crippen LogP contribution in [0.3, 0.4) is 0 Å². The molecule has 2 unspecified atom stereocenters. The molecule has 0 aliphatic carbocycles. The van der Waals surface area contributed by atoms with E-state index in [2.05, 4.69) is 79.8 Å². The molecule has 0 aliphatic heterocycles. The number of nitrogens with zero attached hydrogens (tertiary/aromatic N) is 1. The number of carbonyl (C=O) groups is 1. The van der Waals surface area contributed by atoms with Crippen LogP contribution in [0.25, 0.3) is 0 Å². The lowest BCUT2D eigenvalue weighted by atomic mass is 10.1. The van der Waals surface area contributed by atoms with E-state index in [9.17, 15) is 14.3 Å². The summed E-state index contributed by atoms with van der Waals surface area (Å²) in [6.45, 7) is 4.42. The van der Waals surface area contributed by atoms with Gasteiger partial charge in [-0.1, -0.05) is 99.1 Å². The molecule has 0 aromatic heterocycles. The zero-order chi connectivity index (χ0) is 33.5. The zero-order valence-electron chi connectivity index (χ0n) is 28.8. The summed E-state index contributed by atoms with van der Waals surface area (Å²) in [4.78, 5) is 21.3. The van der Waals surface area contributed by atoms with Crippen molar-refractivity contribution in [1.29, 1.82) is 0 Å². The molecule has 0 radical (unpaired) electrons. The maximum atomic E-state index is 12.1. The highest BCUT2D eigenvalue weighted by Crippen LogP contribution is 2.43. The predicted octanol–water partition coefficient (Wildman–Crippen LogP) is 8.81. The number of likely N-dealkylation sites (N-methyl/N-ethyl adjacent to an activating group) is 1. The molecule has 0 amide bonds. The second-order valence-corrected chi connectivity index (χ2v) is 13.3. The number of esters is 1. The van der Waals surface area contributed by atoms with Crippen LogP contribution in [0.1, 0.15) is 90.9 Å². The van der Waals surface area contributed by atoms with E-state index in [4.69, 9.17) is 18.5 Å². The van der Waals surface area contributed by atoms with Crippen LogP contribution in [0.15, 0.2) is 72.9 Å². The summed E-state index contributed by atoms with van der Waals surface area (Å²) in [5.41, 5.74) is 0. The Morgan fingerprint density at radius 2 is 1.18 bits per heavy atom. The van der Waals surface area contributed by atoms with E-state index in [-0.39, 0.29) is 19.8 Å². The van der Waals surface area contributed by atoms with Crippen molar-refractivity contribution in [1.82, 2.24) is 0 Å². The maximum absolute atomic E-state index is 12.1. The highest BCUT2D eigenvalue weighted by atomic mass is 31.2. The van der Waals surface area contributed by atoms with Crippen molar-refractivity contribution >= 4 is 13.8 Å². The minimum absolute atomic E-state index is 0.0768. The Kier molecular flexibility index (Phi) is 28.0. The molecule has 0 aromatic rings. The molecule has 2 atom stereocenters. The van der Waals surface area contributed by atoms with E-state index < -0.39 is 19.9 Å². The maximum Gasteiger partial charge on any atom is 0.472 e. The summed E-state index contributed by atoms with van der Waals surface area (Å²) in [5, 5.41) is 0. The smallest absolute Gasteiger partial charge is 0.458 e. The quantitative estimate of drug-likeness (QED) is 0.0284. The molecule has 9 heteroatoms. The van der Waals surface area contributed by atoms with Crippen molar-refractivity contribution in [3.8, 4) is 0 Å². The molecule has 258 valence electrons. The van der Waals surface area contributed by atoms with Gasteiger partial charge in [0.2, 0.25) is 0 Å². The van der Waals surface area contributed by atoms with E-state index in [1.54, 1.807) is 0 Å². The number of unbranched alkanes of at least 4 members (excludes halogenated alkanes) is 5. The SMILES string of the molecule is CC/C=C\C/C=C\C/C=C\C/C=C\C/C=C\C/C=C\CCCCCCCOCC(COP(=O)(O)OCC[N+](C)(C)C)OC(C)=O. The van der Waals surface area contributed by atoms with Crippen LogP contribution in [0.4, 0.5) is 0 Å². The fourth-order valence-corrected chi connectivity index (χ4v) is 4.59. The molecule has 0 saturated heterocycles. The van der Waals surface area contributed by atoms with E-state index in [1.165, 1.54) is 19.8 Å². The Morgan fingerprint density at radius 3 is 1.69 bits per heavy atom. The summed E-state index contributed by atoms with van der Waals surface area (Å²) in [6.07, 6.45) is 38.5. The van der Waals surface area contributed by atoms with E-state index in [0.29, 0.717) is 17.6 Å². The van der Waals surface area contributed by atoms with Crippen LogP contribution >= 0.6 is 7.82 Å². The Bertz CT molecular complexity index is 948. The highest BCUT2D eigenvalue weighted by molar-refractivity contribution is 7.47. The first-order chi connectivity index (χ1) is 21.6. The molecule has 0 rings (SSSR count). The van der Waals surface area contributed by atoms with Crippen molar-refractivity contribution in [2.75, 3.05) is 54.1 Å². The molecule has 0 bridgehead atoms. The number of hydrogen-bond acceptors (Lipinski definition) is 6. The number of quaternary nitrogens is 1. The van der Waals surface area contributed by atoms with Gasteiger partial charge in [-0.3, -0.25) is 13.8 Å². The molecule has 0 aliphatic rings. The van der Waals surface area contributed by atoms with Crippen LogP contribution in [0.2, 0.25) is 0 Å². The van der Waals surface area contributed by atoms with Gasteiger partial charge in [0.25, 0.3) is 0 Å². The molecule has 0 saturated carbocycles. The molecular weight excluding hydrogens is 589 g/mol. The summed E-state index contributed by atoms with van der Waals surface area (Å²) < 4.78 is 33.5. The normalized spacial score (nSPS) is 15.1. The van der Waals surface area contributed by atoms with Crippen LogP contribution in [0.5, 0.6) is 0 Å². The number of phosphoric acid groups is 1. The minimum atomic E-state index is -4.23. The average Bonchev–Trinajstić information content (AvgIpc) is 2.96. The van der Waals surface area contributed by atoms with Gasteiger partial charge in [-0.15, -0.1) is 0 Å². The van der Waals surface area contributed by atoms with Gasteiger partial charge in [0.1, 0.15) is 19.3 Å².